The third-order valence-electron chi connectivity index (χ3n) is 5.11. The van der Waals surface area contributed by atoms with Gasteiger partial charge in [-0.05, 0) is 49.5 Å². The molecule has 3 rings (SSSR count). The first-order valence-electron chi connectivity index (χ1n) is 7.99. The highest BCUT2D eigenvalue weighted by atomic mass is 16.5. The van der Waals surface area contributed by atoms with E-state index in [1.54, 1.807) is 0 Å². The van der Waals surface area contributed by atoms with Gasteiger partial charge in [-0.15, -0.1) is 0 Å². The van der Waals surface area contributed by atoms with Gasteiger partial charge in [0.2, 0.25) is 0 Å². The van der Waals surface area contributed by atoms with E-state index in [0.717, 1.165) is 24.2 Å². The number of ether oxygens (including phenoxy) is 1. The smallest absolute Gasteiger partial charge is 0.339 e. The van der Waals surface area contributed by atoms with Crippen LogP contribution in [-0.2, 0) is 4.74 Å². The van der Waals surface area contributed by atoms with Crippen LogP contribution < -0.4 is 5.32 Å². The molecule has 118 valence electrons. The highest BCUT2D eigenvalue weighted by molar-refractivity contribution is 5.97. The Morgan fingerprint density at radius 2 is 2.09 bits per heavy atom. The van der Waals surface area contributed by atoms with Gasteiger partial charge in [0.25, 0.3) is 5.91 Å². The fraction of sp³-hybridized carbons (Fsp3) is 0.588. The molecular formula is C17H22N2O3. The SMILES string of the molecule is COC(=O)c1cncc(C(=O)NCC[C@@H]2C[C@H]3CC[C@H]2C3)c1. The maximum Gasteiger partial charge on any atom is 0.339 e. The quantitative estimate of drug-likeness (QED) is 0.848. The summed E-state index contributed by atoms with van der Waals surface area (Å²) in [5.41, 5.74) is 0.694. The minimum atomic E-state index is -0.482. The van der Waals surface area contributed by atoms with E-state index in [4.69, 9.17) is 0 Å². The van der Waals surface area contributed by atoms with E-state index in [0.29, 0.717) is 17.7 Å². The zero-order valence-corrected chi connectivity index (χ0v) is 12.9. The number of carbonyl (C=O) groups is 2. The monoisotopic (exact) mass is 302 g/mol. The van der Waals surface area contributed by atoms with Gasteiger partial charge in [0.1, 0.15) is 0 Å². The molecule has 0 aliphatic heterocycles. The zero-order chi connectivity index (χ0) is 15.5. The summed E-state index contributed by atoms with van der Waals surface area (Å²) in [6, 6.07) is 1.52. The van der Waals surface area contributed by atoms with Crippen LogP contribution in [0, 0.1) is 17.8 Å². The average Bonchev–Trinajstić information content (AvgIpc) is 3.17. The lowest BCUT2D eigenvalue weighted by molar-refractivity contribution is 0.0600. The number of nitrogens with zero attached hydrogens (tertiary/aromatic N) is 1. The van der Waals surface area contributed by atoms with Crippen LogP contribution in [0.1, 0.15) is 52.8 Å². The number of fused-ring (bicyclic) bond motifs is 2. The molecular weight excluding hydrogens is 280 g/mol. The summed E-state index contributed by atoms with van der Waals surface area (Å²) in [5, 5.41) is 2.94. The van der Waals surface area contributed by atoms with Gasteiger partial charge in [-0.25, -0.2) is 4.79 Å². The maximum absolute atomic E-state index is 12.1. The molecule has 1 N–H and O–H groups in total. The number of aromatic nitrogens is 1. The van der Waals surface area contributed by atoms with Crippen molar-refractivity contribution < 1.29 is 14.3 Å². The molecule has 0 radical (unpaired) electrons. The second-order valence-electron chi connectivity index (χ2n) is 6.43. The minimum absolute atomic E-state index is 0.179. The number of rotatable bonds is 5. The van der Waals surface area contributed by atoms with Crippen molar-refractivity contribution in [3.8, 4) is 0 Å². The van der Waals surface area contributed by atoms with Gasteiger partial charge in [0.15, 0.2) is 0 Å². The number of pyridine rings is 1. The molecule has 1 amide bonds. The van der Waals surface area contributed by atoms with Gasteiger partial charge in [-0.3, -0.25) is 9.78 Å². The first kappa shape index (κ1) is 15.0. The second kappa shape index (κ2) is 6.46. The molecule has 0 aromatic carbocycles. The summed E-state index contributed by atoms with van der Waals surface area (Å²) in [5.74, 6) is 1.93. The van der Waals surface area contributed by atoms with Crippen LogP contribution in [0.25, 0.3) is 0 Å². The van der Waals surface area contributed by atoms with Crippen LogP contribution in [0.5, 0.6) is 0 Å². The highest BCUT2D eigenvalue weighted by Gasteiger charge is 2.38. The molecule has 2 aliphatic rings. The lowest BCUT2D eigenvalue weighted by atomic mass is 9.86. The molecule has 2 bridgehead atoms. The Labute approximate surface area is 130 Å². The molecule has 0 spiro atoms. The van der Waals surface area contributed by atoms with Crippen molar-refractivity contribution in [3.05, 3.63) is 29.6 Å². The van der Waals surface area contributed by atoms with Gasteiger partial charge in [0, 0.05) is 18.9 Å². The van der Waals surface area contributed by atoms with Gasteiger partial charge in [-0.2, -0.15) is 0 Å². The Hall–Kier alpha value is -1.91. The lowest BCUT2D eigenvalue weighted by Crippen LogP contribution is -2.27. The summed E-state index contributed by atoms with van der Waals surface area (Å²) < 4.78 is 4.64. The number of methoxy groups -OCH3 is 1. The van der Waals surface area contributed by atoms with Crippen molar-refractivity contribution in [2.75, 3.05) is 13.7 Å². The van der Waals surface area contributed by atoms with Crippen molar-refractivity contribution in [3.63, 3.8) is 0 Å². The van der Waals surface area contributed by atoms with Gasteiger partial charge < -0.3 is 10.1 Å². The Morgan fingerprint density at radius 3 is 2.77 bits per heavy atom. The van der Waals surface area contributed by atoms with Crippen molar-refractivity contribution in [1.82, 2.24) is 10.3 Å². The molecule has 2 aliphatic carbocycles. The Balaban J connectivity index is 1.50. The van der Waals surface area contributed by atoms with Crippen molar-refractivity contribution in [2.45, 2.75) is 32.1 Å². The molecule has 2 fully saturated rings. The predicted octanol–water partition coefficient (Wildman–Crippen LogP) is 2.42. The number of nitrogens with one attached hydrogen (secondary N) is 1. The van der Waals surface area contributed by atoms with Crippen LogP contribution in [-0.4, -0.2) is 30.5 Å². The largest absolute Gasteiger partial charge is 0.465 e. The van der Waals surface area contributed by atoms with E-state index >= 15 is 0 Å². The van der Waals surface area contributed by atoms with Crippen LogP contribution in [0.15, 0.2) is 18.5 Å². The predicted molar refractivity (Wildman–Crippen MR) is 81.5 cm³/mol. The minimum Gasteiger partial charge on any atom is -0.465 e. The Kier molecular flexibility index (Phi) is 4.41. The van der Waals surface area contributed by atoms with Crippen molar-refractivity contribution >= 4 is 11.9 Å². The molecule has 1 heterocycles. The number of esters is 1. The molecule has 0 saturated heterocycles. The fourth-order valence-electron chi connectivity index (χ4n) is 4.00. The van der Waals surface area contributed by atoms with Crippen LogP contribution in [0.2, 0.25) is 0 Å². The molecule has 1 aromatic heterocycles. The third kappa shape index (κ3) is 3.13. The lowest BCUT2D eigenvalue weighted by Gasteiger charge is -2.21. The fourth-order valence-corrected chi connectivity index (χ4v) is 4.00. The average molecular weight is 302 g/mol. The van der Waals surface area contributed by atoms with E-state index in [2.05, 4.69) is 15.0 Å². The topological polar surface area (TPSA) is 68.3 Å². The van der Waals surface area contributed by atoms with Gasteiger partial charge >= 0.3 is 5.97 Å². The van der Waals surface area contributed by atoms with E-state index < -0.39 is 5.97 Å². The summed E-state index contributed by atoms with van der Waals surface area (Å²) in [7, 11) is 1.31. The van der Waals surface area contributed by atoms with Crippen molar-refractivity contribution in [2.24, 2.45) is 17.8 Å². The van der Waals surface area contributed by atoms with Crippen LogP contribution in [0.4, 0.5) is 0 Å². The zero-order valence-electron chi connectivity index (χ0n) is 12.9. The summed E-state index contributed by atoms with van der Waals surface area (Å²) >= 11 is 0. The summed E-state index contributed by atoms with van der Waals surface area (Å²) in [4.78, 5) is 27.5. The summed E-state index contributed by atoms with van der Waals surface area (Å²) in [6.07, 6.45) is 9.42. The van der Waals surface area contributed by atoms with Gasteiger partial charge in [-0.1, -0.05) is 6.42 Å². The van der Waals surface area contributed by atoms with E-state index in [1.807, 2.05) is 0 Å². The number of hydrogen-bond acceptors (Lipinski definition) is 4. The normalized spacial score (nSPS) is 26.0. The Bertz CT molecular complexity index is 573. The molecule has 5 nitrogen and oxygen atoms in total. The molecule has 0 unspecified atom stereocenters. The van der Waals surface area contributed by atoms with E-state index in [1.165, 1.54) is 51.3 Å². The van der Waals surface area contributed by atoms with Crippen LogP contribution >= 0.6 is 0 Å². The van der Waals surface area contributed by atoms with Gasteiger partial charge in [0.05, 0.1) is 18.2 Å². The van der Waals surface area contributed by atoms with Crippen molar-refractivity contribution in [1.29, 1.82) is 0 Å². The molecule has 5 heteroatoms. The third-order valence-corrected chi connectivity index (χ3v) is 5.11. The Morgan fingerprint density at radius 1 is 1.27 bits per heavy atom. The molecule has 22 heavy (non-hydrogen) atoms. The first-order chi connectivity index (χ1) is 10.7. The van der Waals surface area contributed by atoms with E-state index in [9.17, 15) is 9.59 Å². The molecule has 2 saturated carbocycles. The summed E-state index contributed by atoms with van der Waals surface area (Å²) in [6.45, 7) is 0.690. The van der Waals surface area contributed by atoms with Crippen LogP contribution in [0.3, 0.4) is 0 Å². The molecule has 3 atom stereocenters. The highest BCUT2D eigenvalue weighted by Crippen LogP contribution is 2.49. The standard InChI is InChI=1S/C17H22N2O3/c1-22-17(21)15-8-14(9-18-10-15)16(20)19-5-4-13-7-11-2-3-12(13)6-11/h8-13H,2-7H2,1H3,(H,19,20)/t11-,12-,13+/m0/s1. The number of carbonyl (C=O) groups excluding carboxylic acids is 2. The maximum atomic E-state index is 12.1. The van der Waals surface area contributed by atoms with E-state index in [-0.39, 0.29) is 5.91 Å². The number of amides is 1. The number of hydrogen-bond donors (Lipinski definition) is 1. The second-order valence-corrected chi connectivity index (χ2v) is 6.43. The first-order valence-corrected chi connectivity index (χ1v) is 7.99. The molecule has 1 aromatic rings.